The number of alkyl halides is 2. The van der Waals surface area contributed by atoms with Crippen LogP contribution in [0.1, 0.15) is 11.3 Å². The fraction of sp³-hybridized carbons (Fsp3) is 0.400. The zero-order valence-corrected chi connectivity index (χ0v) is 9.68. The van der Waals surface area contributed by atoms with Gasteiger partial charge in [0.05, 0.1) is 10.8 Å². The molecule has 86 valence electrons. The third-order valence-corrected chi connectivity index (χ3v) is 3.67. The van der Waals surface area contributed by atoms with Crippen molar-refractivity contribution in [2.24, 2.45) is 0 Å². The summed E-state index contributed by atoms with van der Waals surface area (Å²) < 4.78 is 0. The highest BCUT2D eigenvalue weighted by Gasteiger charge is 2.27. The van der Waals surface area contributed by atoms with Gasteiger partial charge in [-0.2, -0.15) is 0 Å². The van der Waals surface area contributed by atoms with Gasteiger partial charge in [-0.15, -0.1) is 23.2 Å². The second kappa shape index (κ2) is 4.11. The number of aromatic hydroxyl groups is 1. The first-order valence-electron chi connectivity index (χ1n) is 4.75. The highest BCUT2D eigenvalue weighted by molar-refractivity contribution is 6.30. The van der Waals surface area contributed by atoms with Crippen LogP contribution in [0.5, 0.6) is 5.75 Å². The average Bonchev–Trinajstić information content (AvgIpc) is 2.30. The summed E-state index contributed by atoms with van der Waals surface area (Å²) >= 11 is 11.9. The van der Waals surface area contributed by atoms with E-state index in [0.717, 1.165) is 6.07 Å². The summed E-state index contributed by atoms with van der Waals surface area (Å²) in [5.74, 6) is -0.201. The molecule has 0 bridgehead atoms. The Kier molecular flexibility index (Phi) is 2.95. The molecule has 1 aromatic rings. The van der Waals surface area contributed by atoms with Crippen molar-refractivity contribution in [1.82, 2.24) is 4.98 Å². The number of hydrogen-bond donors (Lipinski definition) is 2. The van der Waals surface area contributed by atoms with Crippen molar-refractivity contribution in [3.63, 3.8) is 0 Å². The Morgan fingerprint density at radius 2 is 1.88 bits per heavy atom. The molecular weight excluding hydrogens is 253 g/mol. The van der Waals surface area contributed by atoms with Crippen LogP contribution < -0.4 is 11.0 Å². The molecule has 0 aromatic carbocycles. The van der Waals surface area contributed by atoms with Crippen LogP contribution in [-0.2, 0) is 12.8 Å². The van der Waals surface area contributed by atoms with E-state index >= 15 is 0 Å². The molecular formula is C10H9Cl2NO3. The molecule has 2 atom stereocenters. The molecule has 0 fully saturated rings. The van der Waals surface area contributed by atoms with Crippen molar-refractivity contribution >= 4 is 23.2 Å². The van der Waals surface area contributed by atoms with Gasteiger partial charge in [0.15, 0.2) is 0 Å². The Morgan fingerprint density at radius 1 is 1.25 bits per heavy atom. The molecule has 0 amide bonds. The molecule has 6 heteroatoms. The van der Waals surface area contributed by atoms with Gasteiger partial charge in [-0.05, 0) is 6.42 Å². The van der Waals surface area contributed by atoms with Gasteiger partial charge in [-0.25, -0.2) is 0 Å². The quantitative estimate of drug-likeness (QED) is 0.535. The van der Waals surface area contributed by atoms with Crippen molar-refractivity contribution in [3.8, 4) is 5.75 Å². The predicted octanol–water partition coefficient (Wildman–Crippen LogP) is 0.754. The number of rotatable bonds is 0. The lowest BCUT2D eigenvalue weighted by Gasteiger charge is -2.23. The molecule has 16 heavy (non-hydrogen) atoms. The zero-order valence-electron chi connectivity index (χ0n) is 8.17. The maximum absolute atomic E-state index is 11.3. The minimum atomic E-state index is -0.774. The number of aromatic amines is 1. The molecule has 0 saturated heterocycles. The lowest BCUT2D eigenvalue weighted by Crippen LogP contribution is -2.29. The van der Waals surface area contributed by atoms with Crippen LogP contribution >= 0.6 is 23.2 Å². The van der Waals surface area contributed by atoms with Gasteiger partial charge in [0, 0.05) is 23.7 Å². The van der Waals surface area contributed by atoms with E-state index in [1.54, 1.807) is 0 Å². The van der Waals surface area contributed by atoms with Crippen LogP contribution in [0.25, 0.3) is 0 Å². The molecule has 2 rings (SSSR count). The molecule has 0 spiro atoms. The summed E-state index contributed by atoms with van der Waals surface area (Å²) in [5, 5.41) is 9.03. The van der Waals surface area contributed by atoms with E-state index in [9.17, 15) is 14.7 Å². The number of fused-ring (bicyclic) bond motifs is 1. The third kappa shape index (κ3) is 1.95. The summed E-state index contributed by atoms with van der Waals surface area (Å²) in [4.78, 5) is 24.9. The fourth-order valence-electron chi connectivity index (χ4n) is 1.75. The van der Waals surface area contributed by atoms with E-state index < -0.39 is 11.0 Å². The van der Waals surface area contributed by atoms with Crippen molar-refractivity contribution in [2.75, 3.05) is 0 Å². The van der Waals surface area contributed by atoms with Gasteiger partial charge >= 0.3 is 0 Å². The molecule has 2 N–H and O–H groups in total. The Bertz CT molecular complexity index is 541. The first kappa shape index (κ1) is 11.5. The van der Waals surface area contributed by atoms with Crippen LogP contribution in [0.2, 0.25) is 0 Å². The van der Waals surface area contributed by atoms with E-state index in [0.29, 0.717) is 24.1 Å². The number of H-pyrrole nitrogens is 1. The maximum Gasteiger partial charge on any atom is 0.296 e. The molecule has 1 heterocycles. The third-order valence-electron chi connectivity index (χ3n) is 2.62. The van der Waals surface area contributed by atoms with E-state index in [2.05, 4.69) is 4.98 Å². The Morgan fingerprint density at radius 3 is 2.56 bits per heavy atom. The molecule has 0 aliphatic heterocycles. The summed E-state index contributed by atoms with van der Waals surface area (Å²) in [6.45, 7) is 0. The van der Waals surface area contributed by atoms with E-state index in [1.807, 2.05) is 0 Å². The van der Waals surface area contributed by atoms with Crippen molar-refractivity contribution in [2.45, 2.75) is 23.6 Å². The molecule has 1 aliphatic carbocycles. The second-order valence-electron chi connectivity index (χ2n) is 3.75. The summed E-state index contributed by atoms with van der Waals surface area (Å²) in [7, 11) is 0. The van der Waals surface area contributed by atoms with Crippen LogP contribution in [0.15, 0.2) is 15.7 Å². The highest BCUT2D eigenvalue weighted by Crippen LogP contribution is 2.30. The molecule has 2 unspecified atom stereocenters. The average molecular weight is 262 g/mol. The first-order valence-corrected chi connectivity index (χ1v) is 5.63. The van der Waals surface area contributed by atoms with E-state index in [4.69, 9.17) is 23.2 Å². The highest BCUT2D eigenvalue weighted by atomic mass is 35.5. The fourth-order valence-corrected chi connectivity index (χ4v) is 2.24. The number of nitrogens with one attached hydrogen (secondary N) is 1. The van der Waals surface area contributed by atoms with Crippen LogP contribution in [-0.4, -0.2) is 20.8 Å². The first-order chi connectivity index (χ1) is 7.49. The van der Waals surface area contributed by atoms with E-state index in [1.165, 1.54) is 0 Å². The maximum atomic E-state index is 11.3. The largest absolute Gasteiger partial charge is 0.507 e. The van der Waals surface area contributed by atoms with Gasteiger partial charge in [0.2, 0.25) is 5.43 Å². The Labute approximate surface area is 101 Å². The number of hydrogen-bond acceptors (Lipinski definition) is 3. The number of halogens is 2. The standard InChI is InChI=1S/C10H9Cl2NO3/c11-5-1-4-7(2-6(5)12)13-10(16)9(15)3-8(4)14/h3,5-6,14H,1-2H2,(H,13,15,16). The van der Waals surface area contributed by atoms with Gasteiger partial charge < -0.3 is 10.1 Å². The normalized spacial score (nSPS) is 23.9. The minimum absolute atomic E-state index is 0.201. The van der Waals surface area contributed by atoms with Gasteiger partial charge in [-0.1, -0.05) is 0 Å². The summed E-state index contributed by atoms with van der Waals surface area (Å²) in [5.41, 5.74) is -0.546. The molecule has 4 nitrogen and oxygen atoms in total. The van der Waals surface area contributed by atoms with Gasteiger partial charge in [0.25, 0.3) is 5.56 Å². The van der Waals surface area contributed by atoms with E-state index in [-0.39, 0.29) is 16.5 Å². The second-order valence-corrected chi connectivity index (χ2v) is 4.87. The smallest absolute Gasteiger partial charge is 0.296 e. The van der Waals surface area contributed by atoms with Crippen LogP contribution in [0.4, 0.5) is 0 Å². The molecule has 0 radical (unpaired) electrons. The monoisotopic (exact) mass is 261 g/mol. The van der Waals surface area contributed by atoms with Crippen molar-refractivity contribution in [3.05, 3.63) is 37.9 Å². The topological polar surface area (TPSA) is 70.2 Å². The van der Waals surface area contributed by atoms with Gasteiger partial charge in [0.1, 0.15) is 5.75 Å². The lowest BCUT2D eigenvalue weighted by atomic mass is 9.95. The van der Waals surface area contributed by atoms with Crippen LogP contribution in [0.3, 0.4) is 0 Å². The minimum Gasteiger partial charge on any atom is -0.507 e. The van der Waals surface area contributed by atoms with Crippen LogP contribution in [0, 0.1) is 0 Å². The summed E-state index contributed by atoms with van der Waals surface area (Å²) in [6, 6.07) is 0.913. The molecule has 1 aromatic heterocycles. The van der Waals surface area contributed by atoms with Crippen molar-refractivity contribution < 1.29 is 5.11 Å². The number of aromatic nitrogens is 1. The lowest BCUT2D eigenvalue weighted by molar-refractivity contribution is 0.463. The Hall–Kier alpha value is -1.000. The molecule has 1 aliphatic rings. The Balaban J connectivity index is 2.70. The SMILES string of the molecule is O=c1cc(O)c2c([nH]c1=O)CC(Cl)C(Cl)C2. The zero-order chi connectivity index (χ0) is 11.9. The van der Waals surface area contributed by atoms with Gasteiger partial charge in [-0.3, -0.25) is 9.59 Å². The molecule has 0 saturated carbocycles. The predicted molar refractivity (Wildman–Crippen MR) is 61.7 cm³/mol. The van der Waals surface area contributed by atoms with Crippen molar-refractivity contribution in [1.29, 1.82) is 0 Å². The summed E-state index contributed by atoms with van der Waals surface area (Å²) in [6.07, 6.45) is 0.670.